The Morgan fingerprint density at radius 3 is 1.44 bits per heavy atom. The lowest BCUT2D eigenvalue weighted by Gasteiger charge is -2.27. The smallest absolute Gasteiger partial charge is 0.118 e. The maximum atomic E-state index is 4.67. The van der Waals surface area contributed by atoms with E-state index in [4.69, 9.17) is 0 Å². The zero-order chi connectivity index (χ0) is 17.8. The van der Waals surface area contributed by atoms with Gasteiger partial charge in [-0.25, -0.2) is 4.98 Å². The van der Waals surface area contributed by atoms with Crippen molar-refractivity contribution in [2.24, 2.45) is 7.05 Å². The van der Waals surface area contributed by atoms with Crippen molar-refractivity contribution in [3.05, 3.63) is 109 Å². The van der Waals surface area contributed by atoms with E-state index in [-0.39, 0.29) is 12.4 Å². The highest BCUT2D eigenvalue weighted by atomic mass is 35.5. The Morgan fingerprint density at radius 2 is 1.11 bits per heavy atom. The van der Waals surface area contributed by atoms with Crippen LogP contribution in [0.25, 0.3) is 0 Å². The molecule has 0 saturated heterocycles. The number of nitrogens with zero attached hydrogens (tertiary/aromatic N) is 2. The molecule has 4 rings (SSSR count). The van der Waals surface area contributed by atoms with Crippen molar-refractivity contribution in [1.82, 2.24) is 9.55 Å². The minimum absolute atomic E-state index is 0. The monoisotopic (exact) mass is 392 g/mol. The highest BCUT2D eigenvalue weighted by molar-refractivity contribution is 7.95. The van der Waals surface area contributed by atoms with Gasteiger partial charge in [-0.1, -0.05) is 54.6 Å². The van der Waals surface area contributed by atoms with Crippen LogP contribution < -0.4 is 28.3 Å². The van der Waals surface area contributed by atoms with Crippen LogP contribution in [0.4, 0.5) is 0 Å². The Hall–Kier alpha value is -2.41. The largest absolute Gasteiger partial charge is 1.00 e. The molecule has 0 N–H and O–H groups in total. The molecule has 0 saturated carbocycles. The summed E-state index contributed by atoms with van der Waals surface area (Å²) >= 11 is 0. The maximum absolute atomic E-state index is 4.67. The van der Waals surface area contributed by atoms with Gasteiger partial charge >= 0.3 is 0 Å². The molecule has 0 bridgehead atoms. The summed E-state index contributed by atoms with van der Waals surface area (Å²) in [6.45, 7) is 0. The number of halogens is 1. The van der Waals surface area contributed by atoms with Gasteiger partial charge in [-0.3, -0.25) is 0 Å². The van der Waals surface area contributed by atoms with Crippen molar-refractivity contribution in [3.63, 3.8) is 0 Å². The lowest BCUT2D eigenvalue weighted by Crippen LogP contribution is -3.00. The summed E-state index contributed by atoms with van der Waals surface area (Å²) in [6.07, 6.45) is 4.96. The van der Waals surface area contributed by atoms with Crippen LogP contribution in [-0.4, -0.2) is 9.55 Å². The molecule has 3 aromatic carbocycles. The molecule has 0 unspecified atom stereocenters. The number of imidazole rings is 1. The Labute approximate surface area is 167 Å². The summed E-state index contributed by atoms with van der Waals surface area (Å²) in [6, 6.07) is 32.8. The third-order valence-electron chi connectivity index (χ3n) is 4.75. The lowest BCUT2D eigenvalue weighted by atomic mass is 10.4. The van der Waals surface area contributed by atoms with Crippen molar-refractivity contribution in [1.29, 1.82) is 0 Å². The number of aromatic nitrogens is 2. The summed E-state index contributed by atoms with van der Waals surface area (Å²) in [5.41, 5.74) is 1.14. The number of aryl methyl sites for hydroxylation is 1. The maximum Gasteiger partial charge on any atom is 0.118 e. The third kappa shape index (κ3) is 3.83. The van der Waals surface area contributed by atoms with Crippen LogP contribution in [-0.2, 0) is 13.2 Å². The Kier molecular flexibility index (Phi) is 6.11. The van der Waals surface area contributed by atoms with Crippen molar-refractivity contribution in [2.75, 3.05) is 0 Å². The lowest BCUT2D eigenvalue weighted by molar-refractivity contribution is -0.00000525. The fourth-order valence-corrected chi connectivity index (χ4v) is 7.69. The van der Waals surface area contributed by atoms with Crippen LogP contribution in [0.5, 0.6) is 0 Å². The number of benzene rings is 3. The molecule has 136 valence electrons. The zero-order valence-electron chi connectivity index (χ0n) is 15.2. The van der Waals surface area contributed by atoms with E-state index in [1.54, 1.807) is 0 Å². The van der Waals surface area contributed by atoms with Gasteiger partial charge in [0.25, 0.3) is 0 Å². The second kappa shape index (κ2) is 8.52. The summed E-state index contributed by atoms with van der Waals surface area (Å²) in [5.74, 6) is 0. The normalized spacial score (nSPS) is 11.0. The number of hydrogen-bond donors (Lipinski definition) is 0. The molecular weight excluding hydrogens is 371 g/mol. The van der Waals surface area contributed by atoms with Gasteiger partial charge in [0.2, 0.25) is 0 Å². The minimum Gasteiger partial charge on any atom is -1.00 e. The van der Waals surface area contributed by atoms with E-state index in [1.165, 1.54) is 15.9 Å². The highest BCUT2D eigenvalue weighted by Gasteiger charge is 2.45. The quantitative estimate of drug-likeness (QED) is 0.462. The molecular formula is C23H22ClN2P. The third-order valence-corrected chi connectivity index (χ3v) is 9.09. The first-order chi connectivity index (χ1) is 12.8. The van der Waals surface area contributed by atoms with Gasteiger partial charge in [-0.15, -0.1) is 0 Å². The molecule has 27 heavy (non-hydrogen) atoms. The minimum atomic E-state index is -1.84. The van der Waals surface area contributed by atoms with Crippen LogP contribution in [0, 0.1) is 0 Å². The first-order valence-corrected chi connectivity index (χ1v) is 10.8. The molecule has 0 amide bonds. The molecule has 0 aliphatic rings. The van der Waals surface area contributed by atoms with E-state index in [0.29, 0.717) is 0 Å². The van der Waals surface area contributed by atoms with Gasteiger partial charge in [-0.2, -0.15) is 0 Å². The van der Waals surface area contributed by atoms with Crippen molar-refractivity contribution in [3.8, 4) is 0 Å². The molecule has 2 nitrogen and oxygen atoms in total. The van der Waals surface area contributed by atoms with E-state index in [1.807, 2.05) is 17.9 Å². The SMILES string of the molecule is Cn1cnc(C[P+](c2ccccc2)(c2ccccc2)c2ccccc2)c1.[Cl-]. The van der Waals surface area contributed by atoms with Crippen molar-refractivity contribution in [2.45, 2.75) is 6.16 Å². The average molecular weight is 393 g/mol. The zero-order valence-corrected chi connectivity index (χ0v) is 16.9. The molecule has 0 spiro atoms. The second-order valence-electron chi connectivity index (χ2n) is 6.50. The Balaban J connectivity index is 0.00000210. The van der Waals surface area contributed by atoms with Gasteiger partial charge in [0, 0.05) is 13.2 Å². The van der Waals surface area contributed by atoms with Crippen LogP contribution >= 0.6 is 7.26 Å². The van der Waals surface area contributed by atoms with Crippen LogP contribution in [0.1, 0.15) is 5.69 Å². The number of rotatable bonds is 5. The predicted octanol–water partition coefficient (Wildman–Crippen LogP) is 0.918. The molecule has 1 aromatic heterocycles. The number of hydrogen-bond acceptors (Lipinski definition) is 1. The van der Waals surface area contributed by atoms with Gasteiger partial charge in [-0.05, 0) is 36.4 Å². The predicted molar refractivity (Wildman–Crippen MR) is 112 cm³/mol. The Morgan fingerprint density at radius 1 is 0.704 bits per heavy atom. The van der Waals surface area contributed by atoms with Gasteiger partial charge in [0.15, 0.2) is 0 Å². The summed E-state index contributed by atoms with van der Waals surface area (Å²) in [4.78, 5) is 4.67. The van der Waals surface area contributed by atoms with Gasteiger partial charge in [0.1, 0.15) is 29.3 Å². The van der Waals surface area contributed by atoms with Crippen molar-refractivity contribution < 1.29 is 12.4 Å². The summed E-state index contributed by atoms with van der Waals surface area (Å²) in [7, 11) is 0.194. The molecule has 0 fully saturated rings. The van der Waals surface area contributed by atoms with Crippen LogP contribution in [0.15, 0.2) is 104 Å². The molecule has 4 heteroatoms. The molecule has 0 aliphatic carbocycles. The van der Waals surface area contributed by atoms with E-state index in [0.717, 1.165) is 11.9 Å². The van der Waals surface area contributed by atoms with E-state index < -0.39 is 7.26 Å². The summed E-state index contributed by atoms with van der Waals surface area (Å²) < 4.78 is 2.03. The van der Waals surface area contributed by atoms with Crippen LogP contribution in [0.2, 0.25) is 0 Å². The first kappa shape index (κ1) is 19.4. The fraction of sp³-hybridized carbons (Fsp3) is 0.0870. The molecule has 0 atom stereocenters. The Bertz CT molecular complexity index is 872. The summed E-state index contributed by atoms with van der Waals surface area (Å²) in [5, 5.41) is 4.18. The first-order valence-electron chi connectivity index (χ1n) is 8.81. The topological polar surface area (TPSA) is 17.8 Å². The fourth-order valence-electron chi connectivity index (χ4n) is 3.56. The molecule has 0 radical (unpaired) electrons. The van der Waals surface area contributed by atoms with E-state index >= 15 is 0 Å². The van der Waals surface area contributed by atoms with Gasteiger partial charge in [0.05, 0.1) is 12.0 Å². The highest BCUT2D eigenvalue weighted by Crippen LogP contribution is 2.57. The van der Waals surface area contributed by atoms with Crippen molar-refractivity contribution >= 4 is 23.2 Å². The van der Waals surface area contributed by atoms with E-state index in [2.05, 4.69) is 102 Å². The molecule has 1 heterocycles. The van der Waals surface area contributed by atoms with Gasteiger partial charge < -0.3 is 17.0 Å². The second-order valence-corrected chi connectivity index (χ2v) is 9.99. The molecule has 4 aromatic rings. The average Bonchev–Trinajstić information content (AvgIpc) is 3.13. The van der Waals surface area contributed by atoms with E-state index in [9.17, 15) is 0 Å². The standard InChI is InChI=1S/C23H22N2P.ClH/c1-25-17-20(24-19-25)18-26(21-11-5-2-6-12-21,22-13-7-3-8-14-22)23-15-9-4-10-16-23;/h2-17,19H,18H2,1H3;1H/q+1;/p-1. The van der Waals surface area contributed by atoms with Crippen LogP contribution in [0.3, 0.4) is 0 Å². The molecule has 0 aliphatic heterocycles.